The van der Waals surface area contributed by atoms with Crippen molar-refractivity contribution in [1.29, 1.82) is 0 Å². The highest BCUT2D eigenvalue weighted by Gasteiger charge is 2.20. The quantitative estimate of drug-likeness (QED) is 0.593. The largest absolute Gasteiger partial charge is 0.368 e. The fourth-order valence-electron chi connectivity index (χ4n) is 3.61. The molecule has 28 heavy (non-hydrogen) atoms. The maximum absolute atomic E-state index is 4.61. The smallest absolute Gasteiger partial charge is 0.140 e. The van der Waals surface area contributed by atoms with Crippen molar-refractivity contribution in [2.45, 2.75) is 7.43 Å². The van der Waals surface area contributed by atoms with Gasteiger partial charge in [0.25, 0.3) is 0 Å². The second-order valence-corrected chi connectivity index (χ2v) is 6.60. The number of aromatic amines is 1. The van der Waals surface area contributed by atoms with E-state index in [9.17, 15) is 0 Å². The van der Waals surface area contributed by atoms with E-state index < -0.39 is 0 Å². The summed E-state index contributed by atoms with van der Waals surface area (Å²) in [5.41, 5.74) is 4.36. The summed E-state index contributed by atoms with van der Waals surface area (Å²) >= 11 is 0. The third kappa shape index (κ3) is 3.26. The number of nitrogens with one attached hydrogen (secondary N) is 1. The second kappa shape index (κ2) is 7.64. The number of piperazine rings is 1. The fraction of sp³-hybridized carbons (Fsp3) is 0.238. The van der Waals surface area contributed by atoms with E-state index in [0.29, 0.717) is 0 Å². The van der Waals surface area contributed by atoms with Crippen LogP contribution in [-0.2, 0) is 0 Å². The average molecular weight is 373 g/mol. The van der Waals surface area contributed by atoms with Gasteiger partial charge in [0.1, 0.15) is 12.1 Å². The molecule has 3 aromatic heterocycles. The van der Waals surface area contributed by atoms with E-state index in [-0.39, 0.29) is 7.43 Å². The summed E-state index contributed by atoms with van der Waals surface area (Å²) < 4.78 is 0. The van der Waals surface area contributed by atoms with Crippen LogP contribution in [0.2, 0.25) is 0 Å². The molecule has 0 atom stereocenters. The molecule has 0 radical (unpaired) electrons. The van der Waals surface area contributed by atoms with Crippen LogP contribution in [0.25, 0.3) is 22.0 Å². The molecule has 1 aromatic carbocycles. The normalized spacial score (nSPS) is 14.1. The van der Waals surface area contributed by atoms with Gasteiger partial charge < -0.3 is 9.80 Å². The van der Waals surface area contributed by atoms with E-state index in [1.807, 2.05) is 24.8 Å². The number of rotatable bonds is 3. The molecule has 1 aliphatic rings. The Bertz CT molecular complexity index is 1040. The van der Waals surface area contributed by atoms with Crippen molar-refractivity contribution in [2.75, 3.05) is 36.0 Å². The zero-order chi connectivity index (χ0) is 18.1. The van der Waals surface area contributed by atoms with Crippen molar-refractivity contribution in [2.24, 2.45) is 0 Å². The molecule has 0 unspecified atom stereocenters. The van der Waals surface area contributed by atoms with E-state index in [1.165, 1.54) is 5.69 Å². The minimum absolute atomic E-state index is 0. The molecule has 7 heteroatoms. The van der Waals surface area contributed by atoms with Crippen LogP contribution in [0.15, 0.2) is 61.4 Å². The zero-order valence-electron chi connectivity index (χ0n) is 14.8. The van der Waals surface area contributed by atoms with E-state index in [4.69, 9.17) is 0 Å². The van der Waals surface area contributed by atoms with Crippen LogP contribution in [0.4, 0.5) is 11.5 Å². The van der Waals surface area contributed by atoms with Gasteiger partial charge in [-0.3, -0.25) is 10.1 Å². The molecule has 0 spiro atoms. The fourth-order valence-corrected chi connectivity index (χ4v) is 3.61. The molecule has 4 aromatic rings. The SMILES string of the molecule is C.c1cc(N2CCN(c3ncnc4ccc(-c5cn[nH]c5)cc34)CC2)ccn1. The Balaban J connectivity index is 0.00000192. The second-order valence-electron chi connectivity index (χ2n) is 6.60. The van der Waals surface area contributed by atoms with Gasteiger partial charge in [-0.2, -0.15) is 5.10 Å². The molecule has 5 rings (SSSR count). The molecule has 1 saturated heterocycles. The predicted octanol–water partition coefficient (Wildman–Crippen LogP) is 3.38. The first-order valence-corrected chi connectivity index (χ1v) is 9.02. The number of anilines is 2. The van der Waals surface area contributed by atoms with Gasteiger partial charge >= 0.3 is 0 Å². The molecule has 7 nitrogen and oxygen atoms in total. The van der Waals surface area contributed by atoms with Crippen LogP contribution in [-0.4, -0.2) is 51.3 Å². The van der Waals surface area contributed by atoms with Gasteiger partial charge in [0.05, 0.1) is 11.7 Å². The van der Waals surface area contributed by atoms with Crippen LogP contribution >= 0.6 is 0 Å². The molecule has 0 aliphatic carbocycles. The predicted molar refractivity (Wildman–Crippen MR) is 113 cm³/mol. The summed E-state index contributed by atoms with van der Waals surface area (Å²) in [5, 5.41) is 8.00. The third-order valence-corrected chi connectivity index (χ3v) is 5.05. The van der Waals surface area contributed by atoms with Gasteiger partial charge in [-0.05, 0) is 29.8 Å². The van der Waals surface area contributed by atoms with Gasteiger partial charge in [-0.1, -0.05) is 13.5 Å². The first-order valence-electron chi connectivity index (χ1n) is 9.02. The molecular formula is C21H23N7. The first kappa shape index (κ1) is 17.9. The van der Waals surface area contributed by atoms with Crippen molar-refractivity contribution in [3.63, 3.8) is 0 Å². The van der Waals surface area contributed by atoms with E-state index in [0.717, 1.165) is 54.0 Å². The van der Waals surface area contributed by atoms with Crippen LogP contribution in [0, 0.1) is 0 Å². The molecule has 4 heterocycles. The Labute approximate surface area is 164 Å². The Kier molecular flexibility index (Phi) is 4.89. The summed E-state index contributed by atoms with van der Waals surface area (Å²) in [5.74, 6) is 1.000. The zero-order valence-corrected chi connectivity index (χ0v) is 14.8. The number of nitrogens with zero attached hydrogens (tertiary/aromatic N) is 6. The van der Waals surface area contributed by atoms with Crippen molar-refractivity contribution in [3.8, 4) is 11.1 Å². The lowest BCUT2D eigenvalue weighted by Gasteiger charge is -2.37. The van der Waals surface area contributed by atoms with Gasteiger partial charge in [-0.15, -0.1) is 0 Å². The summed E-state index contributed by atoms with van der Waals surface area (Å²) in [6.07, 6.45) is 9.08. The topological polar surface area (TPSA) is 73.8 Å². The molecule has 142 valence electrons. The molecule has 1 N–H and O–H groups in total. The average Bonchev–Trinajstić information content (AvgIpc) is 3.29. The van der Waals surface area contributed by atoms with Crippen LogP contribution in [0.3, 0.4) is 0 Å². The Morgan fingerprint density at radius 2 is 1.64 bits per heavy atom. The van der Waals surface area contributed by atoms with Crippen molar-refractivity contribution in [3.05, 3.63) is 61.4 Å². The number of hydrogen-bond donors (Lipinski definition) is 1. The minimum atomic E-state index is 0. The van der Waals surface area contributed by atoms with Crippen molar-refractivity contribution < 1.29 is 0 Å². The van der Waals surface area contributed by atoms with E-state index >= 15 is 0 Å². The lowest BCUT2D eigenvalue weighted by Crippen LogP contribution is -2.46. The van der Waals surface area contributed by atoms with Crippen molar-refractivity contribution in [1.82, 2.24) is 25.1 Å². The van der Waals surface area contributed by atoms with Gasteiger partial charge in [0, 0.05) is 61.4 Å². The van der Waals surface area contributed by atoms with Crippen LogP contribution < -0.4 is 9.80 Å². The van der Waals surface area contributed by atoms with Crippen LogP contribution in [0.5, 0.6) is 0 Å². The third-order valence-electron chi connectivity index (χ3n) is 5.05. The Hall–Kier alpha value is -3.48. The van der Waals surface area contributed by atoms with E-state index in [1.54, 1.807) is 6.33 Å². The number of hydrogen-bond acceptors (Lipinski definition) is 6. The first-order chi connectivity index (χ1) is 13.4. The van der Waals surface area contributed by atoms with Gasteiger partial charge in [0.15, 0.2) is 0 Å². The Morgan fingerprint density at radius 3 is 2.39 bits per heavy atom. The lowest BCUT2D eigenvalue weighted by molar-refractivity contribution is 0.648. The number of benzene rings is 1. The number of pyridine rings is 1. The molecule has 0 saturated carbocycles. The molecule has 0 amide bonds. The number of aromatic nitrogens is 5. The molecule has 0 bridgehead atoms. The summed E-state index contributed by atoms with van der Waals surface area (Å²) in [7, 11) is 0. The summed E-state index contributed by atoms with van der Waals surface area (Å²) in [6, 6.07) is 10.4. The highest BCUT2D eigenvalue weighted by Crippen LogP contribution is 2.29. The molecular weight excluding hydrogens is 350 g/mol. The lowest BCUT2D eigenvalue weighted by atomic mass is 10.1. The van der Waals surface area contributed by atoms with Gasteiger partial charge in [-0.25, -0.2) is 9.97 Å². The highest BCUT2D eigenvalue weighted by atomic mass is 15.3. The number of fused-ring (bicyclic) bond motifs is 1. The van der Waals surface area contributed by atoms with E-state index in [2.05, 4.69) is 65.3 Å². The summed E-state index contributed by atoms with van der Waals surface area (Å²) in [6.45, 7) is 3.75. The highest BCUT2D eigenvalue weighted by molar-refractivity contribution is 5.92. The van der Waals surface area contributed by atoms with Gasteiger partial charge in [0.2, 0.25) is 0 Å². The maximum Gasteiger partial charge on any atom is 0.140 e. The monoisotopic (exact) mass is 373 g/mol. The Morgan fingerprint density at radius 1 is 0.857 bits per heavy atom. The van der Waals surface area contributed by atoms with Crippen molar-refractivity contribution >= 4 is 22.4 Å². The molecule has 1 aliphatic heterocycles. The standard InChI is InChI=1S/C20H19N7.CH4/c1-2-19-18(11-15(1)16-12-24-25-13-16)20(23-14-22-19)27-9-7-26(8-10-27)17-3-5-21-6-4-17;/h1-6,11-14H,7-10H2,(H,24,25);1H4. The summed E-state index contributed by atoms with van der Waals surface area (Å²) in [4.78, 5) is 17.9. The number of H-pyrrole nitrogens is 1. The maximum atomic E-state index is 4.61. The molecule has 1 fully saturated rings. The minimum Gasteiger partial charge on any atom is -0.368 e. The van der Waals surface area contributed by atoms with Crippen LogP contribution in [0.1, 0.15) is 7.43 Å².